The van der Waals surface area contributed by atoms with Crippen LogP contribution in [0.1, 0.15) is 23.6 Å². The average molecular weight is 499 g/mol. The summed E-state index contributed by atoms with van der Waals surface area (Å²) in [5, 5.41) is 3.81. The number of hydrogen-bond acceptors (Lipinski definition) is 3. The van der Waals surface area contributed by atoms with Crippen molar-refractivity contribution in [2.24, 2.45) is 0 Å². The number of carbonyl (C=O) groups excluding carboxylic acids is 2. The Kier molecular flexibility index (Phi) is 9.37. The molecule has 0 saturated carbocycles. The average Bonchev–Trinajstić information content (AvgIpc) is 2.84. The first-order chi connectivity index (χ1) is 16.4. The van der Waals surface area contributed by atoms with E-state index in [1.165, 1.54) is 0 Å². The second-order valence-electron chi connectivity index (χ2n) is 7.89. The number of amides is 2. The highest BCUT2D eigenvalue weighted by Crippen LogP contribution is 2.24. The SMILES string of the molecule is CCNC(=O)[C@@H](Cc1ccccc1)N(Cc1cccc(OC)c1)C(=O)Cc1ccc(Cl)cc1Cl. The number of carbonyl (C=O) groups is 2. The molecule has 0 bridgehead atoms. The highest BCUT2D eigenvalue weighted by Gasteiger charge is 2.30. The zero-order chi connectivity index (χ0) is 24.5. The van der Waals surface area contributed by atoms with E-state index in [2.05, 4.69) is 5.32 Å². The zero-order valence-electron chi connectivity index (χ0n) is 19.3. The third-order valence-corrected chi connectivity index (χ3v) is 6.05. The quantitative estimate of drug-likeness (QED) is 0.411. The largest absolute Gasteiger partial charge is 0.497 e. The summed E-state index contributed by atoms with van der Waals surface area (Å²) in [4.78, 5) is 28.5. The number of nitrogens with zero attached hydrogens (tertiary/aromatic N) is 1. The Hall–Kier alpha value is -3.02. The molecule has 0 unspecified atom stereocenters. The van der Waals surface area contributed by atoms with Gasteiger partial charge in [0, 0.05) is 29.6 Å². The molecule has 0 saturated heterocycles. The molecule has 7 heteroatoms. The van der Waals surface area contributed by atoms with Crippen molar-refractivity contribution in [2.45, 2.75) is 32.4 Å². The lowest BCUT2D eigenvalue weighted by Crippen LogP contribution is -2.51. The summed E-state index contributed by atoms with van der Waals surface area (Å²) < 4.78 is 5.35. The summed E-state index contributed by atoms with van der Waals surface area (Å²) in [5.41, 5.74) is 2.48. The maximum absolute atomic E-state index is 13.7. The van der Waals surface area contributed by atoms with Crippen LogP contribution < -0.4 is 10.1 Å². The van der Waals surface area contributed by atoms with Gasteiger partial charge in [-0.2, -0.15) is 0 Å². The number of likely N-dealkylation sites (N-methyl/N-ethyl adjacent to an activating group) is 1. The minimum Gasteiger partial charge on any atom is -0.497 e. The molecule has 0 spiro atoms. The molecule has 34 heavy (non-hydrogen) atoms. The van der Waals surface area contributed by atoms with Gasteiger partial charge in [-0.05, 0) is 47.9 Å². The summed E-state index contributed by atoms with van der Waals surface area (Å²) in [6, 6.07) is 21.5. The highest BCUT2D eigenvalue weighted by molar-refractivity contribution is 6.35. The Morgan fingerprint density at radius 2 is 1.71 bits per heavy atom. The third-order valence-electron chi connectivity index (χ3n) is 5.47. The first-order valence-corrected chi connectivity index (χ1v) is 11.8. The fraction of sp³-hybridized carbons (Fsp3) is 0.259. The first-order valence-electron chi connectivity index (χ1n) is 11.1. The Labute approximate surface area is 210 Å². The van der Waals surface area contributed by atoms with E-state index >= 15 is 0 Å². The van der Waals surface area contributed by atoms with E-state index in [1.807, 2.05) is 61.5 Å². The molecule has 0 heterocycles. The zero-order valence-corrected chi connectivity index (χ0v) is 20.8. The molecule has 0 aromatic heterocycles. The summed E-state index contributed by atoms with van der Waals surface area (Å²) >= 11 is 12.4. The molecule has 5 nitrogen and oxygen atoms in total. The fourth-order valence-electron chi connectivity index (χ4n) is 3.74. The standard InChI is InChI=1S/C27H28Cl2N2O3/c1-3-30-27(33)25(15-19-8-5-4-6-9-19)31(18-20-10-7-11-23(14-20)34-2)26(32)16-21-12-13-22(28)17-24(21)29/h4-14,17,25H,3,15-16,18H2,1-2H3,(H,30,33)/t25-/m1/s1. The lowest BCUT2D eigenvalue weighted by molar-refractivity contribution is -0.140. The second-order valence-corrected chi connectivity index (χ2v) is 8.73. The lowest BCUT2D eigenvalue weighted by Gasteiger charge is -2.31. The molecule has 0 aliphatic rings. The van der Waals surface area contributed by atoms with Gasteiger partial charge < -0.3 is 15.0 Å². The van der Waals surface area contributed by atoms with Crippen LogP contribution in [0.2, 0.25) is 10.0 Å². The van der Waals surface area contributed by atoms with Crippen molar-refractivity contribution < 1.29 is 14.3 Å². The van der Waals surface area contributed by atoms with Gasteiger partial charge in [0.15, 0.2) is 0 Å². The van der Waals surface area contributed by atoms with Crippen molar-refractivity contribution in [1.82, 2.24) is 10.2 Å². The predicted octanol–water partition coefficient (Wildman–Crippen LogP) is 5.32. The van der Waals surface area contributed by atoms with Crippen molar-refractivity contribution in [3.63, 3.8) is 0 Å². The van der Waals surface area contributed by atoms with Crippen LogP contribution in [0.15, 0.2) is 72.8 Å². The Morgan fingerprint density at radius 3 is 2.38 bits per heavy atom. The molecule has 3 aromatic carbocycles. The van der Waals surface area contributed by atoms with Crippen LogP contribution in [0.25, 0.3) is 0 Å². The van der Waals surface area contributed by atoms with Crippen LogP contribution in [-0.4, -0.2) is 36.4 Å². The number of ether oxygens (including phenoxy) is 1. The van der Waals surface area contributed by atoms with Gasteiger partial charge in [-0.15, -0.1) is 0 Å². The van der Waals surface area contributed by atoms with Crippen molar-refractivity contribution in [1.29, 1.82) is 0 Å². The van der Waals surface area contributed by atoms with Gasteiger partial charge in [0.25, 0.3) is 0 Å². The van der Waals surface area contributed by atoms with Crippen molar-refractivity contribution in [2.75, 3.05) is 13.7 Å². The highest BCUT2D eigenvalue weighted by atomic mass is 35.5. The maximum atomic E-state index is 13.7. The number of methoxy groups -OCH3 is 1. The van der Waals surface area contributed by atoms with E-state index < -0.39 is 6.04 Å². The van der Waals surface area contributed by atoms with Crippen LogP contribution in [0.4, 0.5) is 0 Å². The molecule has 1 atom stereocenters. The fourth-order valence-corrected chi connectivity index (χ4v) is 4.22. The number of halogens is 2. The summed E-state index contributed by atoms with van der Waals surface area (Å²) in [7, 11) is 1.59. The number of rotatable bonds is 10. The minimum atomic E-state index is -0.702. The van der Waals surface area contributed by atoms with Gasteiger partial charge >= 0.3 is 0 Å². The monoisotopic (exact) mass is 498 g/mol. The van der Waals surface area contributed by atoms with Gasteiger partial charge in [-0.3, -0.25) is 9.59 Å². The number of benzene rings is 3. The molecule has 0 radical (unpaired) electrons. The van der Waals surface area contributed by atoms with Gasteiger partial charge in [-0.1, -0.05) is 71.7 Å². The summed E-state index contributed by atoms with van der Waals surface area (Å²) in [6.07, 6.45) is 0.432. The molecule has 3 aromatic rings. The van der Waals surface area contributed by atoms with Crippen LogP contribution in [0.3, 0.4) is 0 Å². The van der Waals surface area contributed by atoms with Crippen molar-refractivity contribution >= 4 is 35.0 Å². The Morgan fingerprint density at radius 1 is 0.971 bits per heavy atom. The molecular formula is C27H28Cl2N2O3. The normalized spacial score (nSPS) is 11.5. The molecule has 0 aliphatic heterocycles. The Bertz CT molecular complexity index is 1120. The van der Waals surface area contributed by atoms with E-state index in [-0.39, 0.29) is 24.8 Å². The van der Waals surface area contributed by atoms with E-state index in [0.29, 0.717) is 34.3 Å². The summed E-state index contributed by atoms with van der Waals surface area (Å²) in [6.45, 7) is 2.57. The summed E-state index contributed by atoms with van der Waals surface area (Å²) in [5.74, 6) is 0.271. The smallest absolute Gasteiger partial charge is 0.243 e. The molecule has 0 aliphatic carbocycles. The van der Waals surface area contributed by atoms with Crippen LogP contribution >= 0.6 is 23.2 Å². The Balaban J connectivity index is 1.98. The maximum Gasteiger partial charge on any atom is 0.243 e. The number of hydrogen-bond donors (Lipinski definition) is 1. The topological polar surface area (TPSA) is 58.6 Å². The molecule has 1 N–H and O–H groups in total. The van der Waals surface area contributed by atoms with Gasteiger partial charge in [-0.25, -0.2) is 0 Å². The minimum absolute atomic E-state index is 0.0463. The third kappa shape index (κ3) is 6.99. The van der Waals surface area contributed by atoms with E-state index in [1.54, 1.807) is 30.2 Å². The van der Waals surface area contributed by atoms with Crippen molar-refractivity contribution in [3.8, 4) is 5.75 Å². The molecule has 0 fully saturated rings. The lowest BCUT2D eigenvalue weighted by atomic mass is 10.0. The van der Waals surface area contributed by atoms with E-state index in [4.69, 9.17) is 27.9 Å². The first kappa shape index (κ1) is 25.6. The van der Waals surface area contributed by atoms with Crippen LogP contribution in [0.5, 0.6) is 5.75 Å². The van der Waals surface area contributed by atoms with Crippen molar-refractivity contribution in [3.05, 3.63) is 99.5 Å². The van der Waals surface area contributed by atoms with Crippen LogP contribution in [0, 0.1) is 0 Å². The molecule has 2 amide bonds. The van der Waals surface area contributed by atoms with E-state index in [0.717, 1.165) is 11.1 Å². The van der Waals surface area contributed by atoms with Crippen LogP contribution in [-0.2, 0) is 29.0 Å². The molecule has 3 rings (SSSR count). The molecular weight excluding hydrogens is 471 g/mol. The second kappa shape index (κ2) is 12.4. The number of nitrogens with one attached hydrogen (secondary N) is 1. The van der Waals surface area contributed by atoms with Gasteiger partial charge in [0.05, 0.1) is 13.5 Å². The predicted molar refractivity (Wildman–Crippen MR) is 136 cm³/mol. The van der Waals surface area contributed by atoms with Gasteiger partial charge in [0.1, 0.15) is 11.8 Å². The van der Waals surface area contributed by atoms with Gasteiger partial charge in [0.2, 0.25) is 11.8 Å². The molecule has 178 valence electrons. The van der Waals surface area contributed by atoms with E-state index in [9.17, 15) is 9.59 Å².